The van der Waals surface area contributed by atoms with Crippen LogP contribution < -0.4 is 15.4 Å². The van der Waals surface area contributed by atoms with E-state index >= 15 is 0 Å². The van der Waals surface area contributed by atoms with Gasteiger partial charge in [-0.25, -0.2) is 0 Å². The molecule has 0 bridgehead atoms. The molecule has 1 atom stereocenters. The van der Waals surface area contributed by atoms with Crippen LogP contribution in [0.2, 0.25) is 0 Å². The molecule has 2 N–H and O–H groups in total. The van der Waals surface area contributed by atoms with Crippen molar-refractivity contribution < 1.29 is 18.7 Å². The van der Waals surface area contributed by atoms with Crippen molar-refractivity contribution in [3.63, 3.8) is 0 Å². The van der Waals surface area contributed by atoms with E-state index in [1.807, 2.05) is 25.1 Å². The summed E-state index contributed by atoms with van der Waals surface area (Å²) in [5.74, 6) is 2.77. The van der Waals surface area contributed by atoms with E-state index in [9.17, 15) is 9.59 Å². The number of nitrogens with one attached hydrogen (secondary N) is 2. The van der Waals surface area contributed by atoms with Gasteiger partial charge < -0.3 is 19.8 Å². The van der Waals surface area contributed by atoms with E-state index in [1.165, 1.54) is 0 Å². The first-order valence-electron chi connectivity index (χ1n) is 10.7. The van der Waals surface area contributed by atoms with Gasteiger partial charge in [-0.1, -0.05) is 13.8 Å². The maximum atomic E-state index is 12.5. The molecule has 1 aliphatic carbocycles. The first-order valence-corrected chi connectivity index (χ1v) is 10.7. The maximum Gasteiger partial charge on any atom is 0.224 e. The topological polar surface area (TPSA) is 80.6 Å². The van der Waals surface area contributed by atoms with E-state index in [0.29, 0.717) is 25.9 Å². The Bertz CT molecular complexity index is 960. The number of fused-ring (bicyclic) bond motifs is 2. The molecule has 160 valence electrons. The second kappa shape index (κ2) is 8.17. The highest BCUT2D eigenvalue weighted by Gasteiger charge is 2.35. The Hall–Kier alpha value is -2.76. The molecule has 4 rings (SSSR count). The molecule has 1 aliphatic heterocycles. The van der Waals surface area contributed by atoms with Gasteiger partial charge in [-0.3, -0.25) is 9.59 Å². The van der Waals surface area contributed by atoms with Gasteiger partial charge in [0.25, 0.3) is 0 Å². The highest BCUT2D eigenvalue weighted by molar-refractivity contribution is 5.94. The van der Waals surface area contributed by atoms with Crippen LogP contribution in [0.3, 0.4) is 0 Å². The molecule has 2 aliphatic rings. The highest BCUT2D eigenvalue weighted by atomic mass is 16.5. The minimum Gasteiger partial charge on any atom is -0.494 e. The second-order valence-corrected chi connectivity index (χ2v) is 9.22. The number of carbonyl (C=O) groups excluding carboxylic acids is 2. The molecule has 6 nitrogen and oxygen atoms in total. The summed E-state index contributed by atoms with van der Waals surface area (Å²) >= 11 is 0. The number of rotatable bonds is 6. The number of aryl methyl sites for hydroxylation is 2. The minimum absolute atomic E-state index is 0.00507. The normalized spacial score (nSPS) is 19.4. The zero-order valence-corrected chi connectivity index (χ0v) is 18.0. The van der Waals surface area contributed by atoms with Crippen LogP contribution >= 0.6 is 0 Å². The van der Waals surface area contributed by atoms with Gasteiger partial charge in [-0.15, -0.1) is 0 Å². The smallest absolute Gasteiger partial charge is 0.224 e. The summed E-state index contributed by atoms with van der Waals surface area (Å²) in [4.78, 5) is 24.0. The molecule has 0 radical (unpaired) electrons. The van der Waals surface area contributed by atoms with Crippen molar-refractivity contribution in [3.05, 3.63) is 46.9 Å². The molecule has 0 saturated heterocycles. The number of benzene rings is 1. The zero-order chi connectivity index (χ0) is 21.3. The number of hydrogen-bond acceptors (Lipinski definition) is 4. The predicted octanol–water partition coefficient (Wildman–Crippen LogP) is 4.46. The number of furan rings is 1. The second-order valence-electron chi connectivity index (χ2n) is 9.22. The fourth-order valence-corrected chi connectivity index (χ4v) is 4.45. The Balaban J connectivity index is 1.26. The largest absolute Gasteiger partial charge is 0.494 e. The first-order chi connectivity index (χ1) is 14.3. The molecule has 0 fully saturated rings. The van der Waals surface area contributed by atoms with Crippen molar-refractivity contribution in [2.24, 2.45) is 5.41 Å². The van der Waals surface area contributed by atoms with Crippen LogP contribution in [0, 0.1) is 12.3 Å². The third-order valence-corrected chi connectivity index (χ3v) is 5.86. The number of amides is 2. The van der Waals surface area contributed by atoms with Gasteiger partial charge in [0, 0.05) is 30.5 Å². The maximum absolute atomic E-state index is 12.5. The minimum atomic E-state index is 0.00507. The predicted molar refractivity (Wildman–Crippen MR) is 115 cm³/mol. The lowest BCUT2D eigenvalue weighted by molar-refractivity contribution is -0.122. The van der Waals surface area contributed by atoms with Gasteiger partial charge in [-0.05, 0) is 61.4 Å². The molecule has 2 heterocycles. The van der Waals surface area contributed by atoms with E-state index in [2.05, 4.69) is 30.5 Å². The van der Waals surface area contributed by atoms with E-state index in [1.54, 1.807) is 0 Å². The summed E-state index contributed by atoms with van der Waals surface area (Å²) in [6, 6.07) is 7.77. The summed E-state index contributed by atoms with van der Waals surface area (Å²) in [6.07, 6.45) is 4.12. The fraction of sp³-hybridized carbons (Fsp3) is 0.500. The van der Waals surface area contributed by atoms with Crippen molar-refractivity contribution in [1.29, 1.82) is 0 Å². The number of ether oxygens (including phenoxy) is 1. The molecular weight excluding hydrogens is 380 g/mol. The monoisotopic (exact) mass is 410 g/mol. The fourth-order valence-electron chi connectivity index (χ4n) is 4.45. The molecule has 0 saturated carbocycles. The van der Waals surface area contributed by atoms with Crippen molar-refractivity contribution in [1.82, 2.24) is 5.32 Å². The van der Waals surface area contributed by atoms with E-state index in [0.717, 1.165) is 53.3 Å². The molecule has 1 aromatic carbocycles. The number of carbonyl (C=O) groups is 2. The molecule has 30 heavy (non-hydrogen) atoms. The van der Waals surface area contributed by atoms with Crippen LogP contribution in [-0.4, -0.2) is 18.4 Å². The van der Waals surface area contributed by atoms with Crippen LogP contribution in [0.15, 0.2) is 28.7 Å². The molecule has 2 amide bonds. The van der Waals surface area contributed by atoms with E-state index in [-0.39, 0.29) is 23.3 Å². The van der Waals surface area contributed by atoms with E-state index < -0.39 is 0 Å². The van der Waals surface area contributed by atoms with Crippen LogP contribution in [0.25, 0.3) is 0 Å². The van der Waals surface area contributed by atoms with Gasteiger partial charge in [0.15, 0.2) is 0 Å². The van der Waals surface area contributed by atoms with Crippen molar-refractivity contribution >= 4 is 17.5 Å². The Morgan fingerprint density at radius 3 is 2.97 bits per heavy atom. The van der Waals surface area contributed by atoms with Crippen molar-refractivity contribution in [2.45, 2.75) is 65.3 Å². The number of hydrogen-bond donors (Lipinski definition) is 2. The van der Waals surface area contributed by atoms with Gasteiger partial charge in [0.05, 0.1) is 12.6 Å². The highest BCUT2D eigenvalue weighted by Crippen LogP contribution is 2.42. The van der Waals surface area contributed by atoms with Gasteiger partial charge in [0.2, 0.25) is 11.8 Å². The van der Waals surface area contributed by atoms with Gasteiger partial charge in [0.1, 0.15) is 17.3 Å². The van der Waals surface area contributed by atoms with Gasteiger partial charge in [-0.2, -0.15) is 0 Å². The van der Waals surface area contributed by atoms with Crippen LogP contribution in [0.4, 0.5) is 5.69 Å². The Kier molecular flexibility index (Phi) is 5.58. The summed E-state index contributed by atoms with van der Waals surface area (Å²) in [5.41, 5.74) is 3.18. The van der Waals surface area contributed by atoms with Gasteiger partial charge >= 0.3 is 0 Å². The van der Waals surface area contributed by atoms with Crippen molar-refractivity contribution in [3.8, 4) is 5.75 Å². The average molecular weight is 411 g/mol. The molecule has 1 aromatic heterocycles. The van der Waals surface area contributed by atoms with Crippen LogP contribution in [-0.2, 0) is 22.4 Å². The SMILES string of the molecule is Cc1cc2c(o1)CC(C)(C)CC2NC(=O)CCCOc1ccc2c(c1)CCC(=O)N2. The summed E-state index contributed by atoms with van der Waals surface area (Å²) in [6.45, 7) is 6.86. The first kappa shape index (κ1) is 20.5. The molecule has 2 aromatic rings. The van der Waals surface area contributed by atoms with Crippen molar-refractivity contribution in [2.75, 3.05) is 11.9 Å². The lowest BCUT2D eigenvalue weighted by Crippen LogP contribution is -2.36. The lowest BCUT2D eigenvalue weighted by atomic mass is 9.74. The summed E-state index contributed by atoms with van der Waals surface area (Å²) in [7, 11) is 0. The quantitative estimate of drug-likeness (QED) is 0.689. The molecular formula is C24H30N2O4. The molecule has 0 spiro atoms. The molecule has 6 heteroatoms. The van der Waals surface area contributed by atoms with Crippen LogP contribution in [0.1, 0.15) is 68.2 Å². The average Bonchev–Trinajstić information content (AvgIpc) is 3.04. The molecule has 1 unspecified atom stereocenters. The third kappa shape index (κ3) is 4.69. The Morgan fingerprint density at radius 2 is 2.13 bits per heavy atom. The number of anilines is 1. The lowest BCUT2D eigenvalue weighted by Gasteiger charge is -2.34. The standard InChI is InChI=1S/C24H30N2O4/c1-15-11-18-20(13-24(2,3)14-21(18)30-15)26-22(27)5-4-10-29-17-7-8-19-16(12-17)6-9-23(28)25-19/h7-8,11-12,20H,4-6,9-10,13-14H2,1-3H3,(H,25,28)(H,26,27). The summed E-state index contributed by atoms with van der Waals surface area (Å²) in [5, 5.41) is 6.06. The Morgan fingerprint density at radius 1 is 1.30 bits per heavy atom. The van der Waals surface area contributed by atoms with Crippen LogP contribution in [0.5, 0.6) is 5.75 Å². The summed E-state index contributed by atoms with van der Waals surface area (Å²) < 4.78 is 11.7. The zero-order valence-electron chi connectivity index (χ0n) is 18.0. The Labute approximate surface area is 177 Å². The van der Waals surface area contributed by atoms with E-state index in [4.69, 9.17) is 9.15 Å². The third-order valence-electron chi connectivity index (χ3n) is 5.86.